The number of hydrogen-bond donors (Lipinski definition) is 2. The van der Waals surface area contributed by atoms with Crippen molar-refractivity contribution >= 4 is 23.3 Å². The third kappa shape index (κ3) is 6.18. The lowest BCUT2D eigenvalue weighted by atomic mass is 10.1. The number of piperazine rings is 1. The van der Waals surface area contributed by atoms with Crippen LogP contribution in [0.1, 0.15) is 28.5 Å². The van der Waals surface area contributed by atoms with Gasteiger partial charge in [0.25, 0.3) is 11.5 Å². The van der Waals surface area contributed by atoms with E-state index in [9.17, 15) is 14.4 Å². The molecule has 3 N–H and O–H groups in total. The van der Waals surface area contributed by atoms with E-state index < -0.39 is 5.91 Å². The highest BCUT2D eigenvalue weighted by atomic mass is 16.2. The Balaban J connectivity index is 1.18. The predicted molar refractivity (Wildman–Crippen MR) is 179 cm³/mol. The van der Waals surface area contributed by atoms with Gasteiger partial charge in [0.1, 0.15) is 17.1 Å². The Kier molecular flexibility index (Phi) is 8.49. The van der Waals surface area contributed by atoms with Gasteiger partial charge in [-0.2, -0.15) is 0 Å². The number of carbonyl (C=O) groups excluding carboxylic acids is 2. The van der Waals surface area contributed by atoms with Gasteiger partial charge in [-0.3, -0.25) is 24.0 Å². The molecule has 0 radical (unpaired) electrons. The van der Waals surface area contributed by atoms with Gasteiger partial charge in [0.15, 0.2) is 0 Å². The number of nitrogens with one attached hydrogen (secondary N) is 1. The van der Waals surface area contributed by atoms with Crippen LogP contribution in [0.15, 0.2) is 89.9 Å². The Labute approximate surface area is 266 Å². The van der Waals surface area contributed by atoms with E-state index in [4.69, 9.17) is 10.7 Å². The average Bonchev–Trinajstić information content (AvgIpc) is 3.29. The molecule has 46 heavy (non-hydrogen) atoms. The quantitative estimate of drug-likeness (QED) is 0.281. The third-order valence-electron chi connectivity index (χ3n) is 8.44. The van der Waals surface area contributed by atoms with Crippen LogP contribution in [0.2, 0.25) is 0 Å². The summed E-state index contributed by atoms with van der Waals surface area (Å²) in [6, 6.07) is 24.5. The molecule has 1 saturated heterocycles. The van der Waals surface area contributed by atoms with E-state index >= 15 is 0 Å². The third-order valence-corrected chi connectivity index (χ3v) is 8.44. The molecule has 1 fully saturated rings. The van der Waals surface area contributed by atoms with E-state index in [-0.39, 0.29) is 17.0 Å². The maximum absolute atomic E-state index is 13.3. The summed E-state index contributed by atoms with van der Waals surface area (Å²) in [6.07, 6.45) is 1.67. The maximum atomic E-state index is 13.3. The molecule has 6 rings (SSSR count). The first-order chi connectivity index (χ1) is 22.2. The topological polar surface area (TPSA) is 131 Å². The van der Waals surface area contributed by atoms with Gasteiger partial charge in [-0.05, 0) is 42.8 Å². The molecule has 11 heteroatoms. The number of nitrogens with two attached hydrogens (primary N) is 1. The summed E-state index contributed by atoms with van der Waals surface area (Å²) in [7, 11) is 1.75. The molecule has 0 bridgehead atoms. The summed E-state index contributed by atoms with van der Waals surface area (Å²) < 4.78 is 3.16. The fourth-order valence-corrected chi connectivity index (χ4v) is 5.79. The molecule has 11 nitrogen and oxygen atoms in total. The van der Waals surface area contributed by atoms with E-state index in [1.807, 2.05) is 59.5 Å². The van der Waals surface area contributed by atoms with Crippen molar-refractivity contribution in [2.24, 2.45) is 7.05 Å². The lowest BCUT2D eigenvalue weighted by molar-refractivity contribution is -0.130. The molecular weight excluding hydrogens is 580 g/mol. The average molecular weight is 617 g/mol. The Morgan fingerprint density at radius 3 is 2.33 bits per heavy atom. The summed E-state index contributed by atoms with van der Waals surface area (Å²) in [4.78, 5) is 51.7. The summed E-state index contributed by atoms with van der Waals surface area (Å²) in [6.45, 7) is 7.30. The summed E-state index contributed by atoms with van der Waals surface area (Å²) in [5.74, 6) is -0.0699. The van der Waals surface area contributed by atoms with Crippen molar-refractivity contribution in [1.29, 1.82) is 0 Å². The smallest absolute Gasteiger partial charge is 0.284 e. The Morgan fingerprint density at radius 1 is 0.913 bits per heavy atom. The van der Waals surface area contributed by atoms with E-state index in [1.165, 1.54) is 4.68 Å². The molecule has 0 aliphatic carbocycles. The zero-order chi connectivity index (χ0) is 32.4. The minimum absolute atomic E-state index is 0.0822. The summed E-state index contributed by atoms with van der Waals surface area (Å²) in [5, 5.41) is 2.85. The number of nitrogen functional groups attached to an aromatic ring is 1. The molecule has 0 spiro atoms. The van der Waals surface area contributed by atoms with E-state index in [1.54, 1.807) is 43.9 Å². The van der Waals surface area contributed by atoms with Crippen LogP contribution in [0.3, 0.4) is 0 Å². The monoisotopic (exact) mass is 616 g/mol. The standard InChI is InChI=1S/C35H36N8O3/c1-23-31(35(46)43(40(23)3)29-10-5-4-6-11-29)34(45)38-28-14-12-26(13-15-28)32-33(36)37-21-30(39-32)27-9-7-8-25(20-27)22-41-16-18-42(19-17-41)24(2)44/h4-15,20-21H,16-19,22H2,1-3H3,(H2,36,37)(H,38,45). The summed E-state index contributed by atoms with van der Waals surface area (Å²) in [5.41, 5.74) is 11.8. The molecule has 2 amide bonds. The number of aromatic nitrogens is 4. The molecule has 5 aromatic rings. The minimum Gasteiger partial charge on any atom is -0.382 e. The molecule has 0 unspecified atom stereocenters. The van der Waals surface area contributed by atoms with Crippen LogP contribution in [-0.2, 0) is 18.4 Å². The first-order valence-electron chi connectivity index (χ1n) is 15.1. The number of rotatable bonds is 7. The van der Waals surface area contributed by atoms with Crippen molar-refractivity contribution in [3.8, 4) is 28.2 Å². The minimum atomic E-state index is -0.484. The van der Waals surface area contributed by atoms with Crippen LogP contribution >= 0.6 is 0 Å². The first kappa shape index (κ1) is 30.5. The van der Waals surface area contributed by atoms with Crippen molar-refractivity contribution < 1.29 is 9.59 Å². The number of carbonyl (C=O) groups is 2. The van der Waals surface area contributed by atoms with Crippen molar-refractivity contribution in [2.75, 3.05) is 37.2 Å². The predicted octanol–water partition coefficient (Wildman–Crippen LogP) is 4.11. The maximum Gasteiger partial charge on any atom is 0.284 e. The Morgan fingerprint density at radius 2 is 1.63 bits per heavy atom. The molecular formula is C35H36N8O3. The normalized spacial score (nSPS) is 13.5. The highest BCUT2D eigenvalue weighted by molar-refractivity contribution is 6.05. The van der Waals surface area contributed by atoms with Crippen LogP contribution in [0.4, 0.5) is 11.5 Å². The van der Waals surface area contributed by atoms with E-state index in [2.05, 4.69) is 27.3 Å². The second-order valence-electron chi connectivity index (χ2n) is 11.4. The first-order valence-corrected chi connectivity index (χ1v) is 15.1. The second-order valence-corrected chi connectivity index (χ2v) is 11.4. The fraction of sp³-hybridized carbons (Fsp3) is 0.229. The highest BCUT2D eigenvalue weighted by Crippen LogP contribution is 2.28. The molecule has 1 aliphatic heterocycles. The molecule has 234 valence electrons. The van der Waals surface area contributed by atoms with Crippen molar-refractivity contribution in [2.45, 2.75) is 20.4 Å². The van der Waals surface area contributed by atoms with Crippen LogP contribution < -0.4 is 16.6 Å². The van der Waals surface area contributed by atoms with Crippen LogP contribution in [-0.4, -0.2) is 67.1 Å². The molecule has 1 aliphatic rings. The van der Waals surface area contributed by atoms with Gasteiger partial charge in [-0.1, -0.05) is 48.5 Å². The number of amides is 2. The van der Waals surface area contributed by atoms with Crippen LogP contribution in [0.5, 0.6) is 0 Å². The number of anilines is 2. The van der Waals surface area contributed by atoms with Gasteiger partial charge < -0.3 is 16.0 Å². The van der Waals surface area contributed by atoms with Gasteiger partial charge in [0.2, 0.25) is 5.91 Å². The van der Waals surface area contributed by atoms with Crippen molar-refractivity contribution in [1.82, 2.24) is 29.1 Å². The van der Waals surface area contributed by atoms with Crippen LogP contribution in [0.25, 0.3) is 28.2 Å². The lowest BCUT2D eigenvalue weighted by Gasteiger charge is -2.34. The van der Waals surface area contributed by atoms with Gasteiger partial charge in [-0.25, -0.2) is 14.6 Å². The molecule has 0 atom stereocenters. The van der Waals surface area contributed by atoms with E-state index in [0.717, 1.165) is 49.4 Å². The number of para-hydroxylation sites is 1. The lowest BCUT2D eigenvalue weighted by Crippen LogP contribution is -2.47. The Hall–Kier alpha value is -5.55. The number of benzene rings is 3. The second kappa shape index (κ2) is 12.8. The largest absolute Gasteiger partial charge is 0.382 e. The molecule has 3 aromatic carbocycles. The van der Waals surface area contributed by atoms with Gasteiger partial charge in [-0.15, -0.1) is 0 Å². The van der Waals surface area contributed by atoms with Gasteiger partial charge >= 0.3 is 0 Å². The highest BCUT2D eigenvalue weighted by Gasteiger charge is 2.23. The molecule has 3 heterocycles. The Bertz CT molecular complexity index is 1960. The van der Waals surface area contributed by atoms with Gasteiger partial charge in [0.05, 0.1) is 23.3 Å². The molecule has 0 saturated carbocycles. The van der Waals surface area contributed by atoms with Crippen molar-refractivity contribution in [3.63, 3.8) is 0 Å². The van der Waals surface area contributed by atoms with Crippen molar-refractivity contribution in [3.05, 3.63) is 112 Å². The number of nitrogens with zero attached hydrogens (tertiary/aromatic N) is 6. The zero-order valence-electron chi connectivity index (χ0n) is 26.1. The van der Waals surface area contributed by atoms with Gasteiger partial charge in [0, 0.05) is 63.5 Å². The fourth-order valence-electron chi connectivity index (χ4n) is 5.79. The summed E-state index contributed by atoms with van der Waals surface area (Å²) >= 11 is 0. The SMILES string of the molecule is CC(=O)N1CCN(Cc2cccc(-c3cnc(N)c(-c4ccc(NC(=O)c5c(C)n(C)n(-c6ccccc6)c5=O)cc4)n3)c2)CC1. The molecule has 2 aromatic heterocycles. The number of hydrogen-bond acceptors (Lipinski definition) is 7. The van der Waals surface area contributed by atoms with Crippen LogP contribution in [0, 0.1) is 6.92 Å². The zero-order valence-corrected chi connectivity index (χ0v) is 26.1. The van der Waals surface area contributed by atoms with E-state index in [0.29, 0.717) is 34.3 Å².